The first-order chi connectivity index (χ1) is 14.7. The number of carbonyl (C=O) groups excluding carboxylic acids is 2. The number of anilines is 1. The van der Waals surface area contributed by atoms with E-state index in [0.29, 0.717) is 36.6 Å². The van der Waals surface area contributed by atoms with Crippen molar-refractivity contribution >= 4 is 27.5 Å². The summed E-state index contributed by atoms with van der Waals surface area (Å²) < 4.78 is 32.5. The summed E-state index contributed by atoms with van der Waals surface area (Å²) in [6.07, 6.45) is 0. The van der Waals surface area contributed by atoms with Crippen LogP contribution in [0.15, 0.2) is 47.4 Å². The molecule has 2 amide bonds. The van der Waals surface area contributed by atoms with E-state index in [4.69, 9.17) is 4.74 Å². The Balaban J connectivity index is 2.13. The van der Waals surface area contributed by atoms with Crippen LogP contribution < -0.4 is 15.4 Å². The lowest BCUT2D eigenvalue weighted by molar-refractivity contribution is -0.122. The van der Waals surface area contributed by atoms with Gasteiger partial charge >= 0.3 is 0 Å². The van der Waals surface area contributed by atoms with E-state index in [0.717, 1.165) is 0 Å². The lowest BCUT2D eigenvalue weighted by Gasteiger charge is -2.20. The Labute approximate surface area is 183 Å². The molecule has 0 fully saturated rings. The molecule has 0 saturated carbocycles. The van der Waals surface area contributed by atoms with Crippen LogP contribution in [-0.4, -0.2) is 50.8 Å². The second-order valence-electron chi connectivity index (χ2n) is 6.79. The van der Waals surface area contributed by atoms with Crippen molar-refractivity contribution in [1.29, 1.82) is 0 Å². The molecule has 0 unspecified atom stereocenters. The molecule has 31 heavy (non-hydrogen) atoms. The van der Waals surface area contributed by atoms with Crippen molar-refractivity contribution in [2.45, 2.75) is 32.6 Å². The van der Waals surface area contributed by atoms with Gasteiger partial charge in [-0.05, 0) is 55.8 Å². The molecule has 0 aliphatic rings. The van der Waals surface area contributed by atoms with Gasteiger partial charge in [0, 0.05) is 30.9 Å². The third-order valence-electron chi connectivity index (χ3n) is 4.63. The standard InChI is InChI=1S/C22H29N3O5S/c1-5-23-21(26)15-30-19-12-10-18(11-13-19)24-22(27)17-9-8-16(4)20(14-17)31(28,29)25(6-2)7-3/h8-14H,5-7,15H2,1-4H3,(H,23,26)(H,24,27). The Morgan fingerprint density at radius 1 is 1.00 bits per heavy atom. The molecule has 0 aliphatic carbocycles. The van der Waals surface area contributed by atoms with Crippen molar-refractivity contribution in [3.05, 3.63) is 53.6 Å². The third kappa shape index (κ3) is 6.28. The number of aryl methyl sites for hydroxylation is 1. The molecule has 0 saturated heterocycles. The zero-order chi connectivity index (χ0) is 23.0. The van der Waals surface area contributed by atoms with Crippen molar-refractivity contribution < 1.29 is 22.7 Å². The Hall–Kier alpha value is -2.91. The smallest absolute Gasteiger partial charge is 0.257 e. The molecule has 0 heterocycles. The SMILES string of the molecule is CCNC(=O)COc1ccc(NC(=O)c2ccc(C)c(S(=O)(=O)N(CC)CC)c2)cc1. The fraction of sp³-hybridized carbons (Fsp3) is 0.364. The van der Waals surface area contributed by atoms with Gasteiger partial charge in [0.15, 0.2) is 6.61 Å². The van der Waals surface area contributed by atoms with E-state index in [2.05, 4.69) is 10.6 Å². The van der Waals surface area contributed by atoms with Crippen molar-refractivity contribution in [3.63, 3.8) is 0 Å². The number of carbonyl (C=O) groups is 2. The molecule has 0 bridgehead atoms. The van der Waals surface area contributed by atoms with Crippen molar-refractivity contribution in [1.82, 2.24) is 9.62 Å². The molecule has 0 radical (unpaired) electrons. The van der Waals surface area contributed by atoms with Gasteiger partial charge in [0.05, 0.1) is 4.90 Å². The number of rotatable bonds is 10. The molecule has 9 heteroatoms. The monoisotopic (exact) mass is 447 g/mol. The van der Waals surface area contributed by atoms with Crippen LogP contribution in [0.3, 0.4) is 0 Å². The second kappa shape index (κ2) is 10.9. The number of sulfonamides is 1. The summed E-state index contributed by atoms with van der Waals surface area (Å²) in [5, 5.41) is 5.38. The van der Waals surface area contributed by atoms with E-state index >= 15 is 0 Å². The van der Waals surface area contributed by atoms with Crippen LogP contribution in [-0.2, 0) is 14.8 Å². The van der Waals surface area contributed by atoms with Gasteiger partial charge in [0.1, 0.15) is 5.75 Å². The Bertz CT molecular complexity index is 1020. The maximum absolute atomic E-state index is 12.9. The molecule has 2 rings (SSSR count). The fourth-order valence-corrected chi connectivity index (χ4v) is 4.67. The first-order valence-electron chi connectivity index (χ1n) is 10.1. The van der Waals surface area contributed by atoms with Crippen LogP contribution in [0.25, 0.3) is 0 Å². The van der Waals surface area contributed by atoms with Crippen LogP contribution in [0, 0.1) is 6.92 Å². The first-order valence-corrected chi connectivity index (χ1v) is 11.6. The molecule has 0 aliphatic heterocycles. The first kappa shape index (κ1) is 24.4. The zero-order valence-corrected chi connectivity index (χ0v) is 19.1. The number of likely N-dealkylation sites (N-methyl/N-ethyl adjacent to an activating group) is 1. The van der Waals surface area contributed by atoms with Gasteiger partial charge < -0.3 is 15.4 Å². The van der Waals surface area contributed by atoms with Crippen LogP contribution in [0.2, 0.25) is 0 Å². The van der Waals surface area contributed by atoms with Crippen LogP contribution in [0.4, 0.5) is 5.69 Å². The molecule has 0 aromatic heterocycles. The van der Waals surface area contributed by atoms with Gasteiger partial charge in [-0.15, -0.1) is 0 Å². The Morgan fingerprint density at radius 3 is 2.23 bits per heavy atom. The van der Waals surface area contributed by atoms with Gasteiger partial charge in [0.25, 0.3) is 11.8 Å². The van der Waals surface area contributed by atoms with Gasteiger partial charge in [-0.2, -0.15) is 4.31 Å². The lowest BCUT2D eigenvalue weighted by atomic mass is 10.1. The summed E-state index contributed by atoms with van der Waals surface area (Å²) in [6, 6.07) is 11.2. The minimum absolute atomic E-state index is 0.0906. The van der Waals surface area contributed by atoms with Crippen LogP contribution in [0.5, 0.6) is 5.75 Å². The van der Waals surface area contributed by atoms with Crippen molar-refractivity contribution in [2.24, 2.45) is 0 Å². The molecule has 0 spiro atoms. The summed E-state index contributed by atoms with van der Waals surface area (Å²) in [4.78, 5) is 24.3. The number of nitrogens with one attached hydrogen (secondary N) is 2. The summed E-state index contributed by atoms with van der Waals surface area (Å²) >= 11 is 0. The van der Waals surface area contributed by atoms with Gasteiger partial charge in [-0.1, -0.05) is 19.9 Å². The van der Waals surface area contributed by atoms with Gasteiger partial charge in [-0.3, -0.25) is 9.59 Å². The predicted molar refractivity (Wildman–Crippen MR) is 120 cm³/mol. The van der Waals surface area contributed by atoms with E-state index in [1.54, 1.807) is 57.2 Å². The number of hydrogen-bond acceptors (Lipinski definition) is 5. The van der Waals surface area contributed by atoms with Crippen LogP contribution >= 0.6 is 0 Å². The molecule has 2 aromatic carbocycles. The van der Waals surface area contributed by atoms with Crippen LogP contribution in [0.1, 0.15) is 36.7 Å². The number of ether oxygens (including phenoxy) is 1. The highest BCUT2D eigenvalue weighted by Gasteiger charge is 2.24. The summed E-state index contributed by atoms with van der Waals surface area (Å²) in [7, 11) is -3.68. The Kier molecular flexibility index (Phi) is 8.58. The maximum atomic E-state index is 12.9. The highest BCUT2D eigenvalue weighted by atomic mass is 32.2. The normalized spacial score (nSPS) is 11.3. The average Bonchev–Trinajstić information content (AvgIpc) is 2.74. The fourth-order valence-electron chi connectivity index (χ4n) is 2.96. The number of amides is 2. The molecule has 0 atom stereocenters. The molecule has 2 aromatic rings. The molecular weight excluding hydrogens is 418 g/mol. The van der Waals surface area contributed by atoms with E-state index in [-0.39, 0.29) is 23.0 Å². The molecular formula is C22H29N3O5S. The van der Waals surface area contributed by atoms with Gasteiger partial charge in [-0.25, -0.2) is 8.42 Å². The molecule has 2 N–H and O–H groups in total. The third-order valence-corrected chi connectivity index (χ3v) is 6.82. The largest absolute Gasteiger partial charge is 0.484 e. The molecule has 8 nitrogen and oxygen atoms in total. The maximum Gasteiger partial charge on any atom is 0.257 e. The van der Waals surface area contributed by atoms with E-state index in [1.165, 1.54) is 10.4 Å². The summed E-state index contributed by atoms with van der Waals surface area (Å²) in [6.45, 7) is 8.22. The second-order valence-corrected chi connectivity index (χ2v) is 8.70. The minimum Gasteiger partial charge on any atom is -0.484 e. The summed E-state index contributed by atoms with van der Waals surface area (Å²) in [5.74, 6) is -0.145. The van der Waals surface area contributed by atoms with E-state index in [9.17, 15) is 18.0 Å². The summed E-state index contributed by atoms with van der Waals surface area (Å²) in [5.41, 5.74) is 1.34. The Morgan fingerprint density at radius 2 is 1.65 bits per heavy atom. The lowest BCUT2D eigenvalue weighted by Crippen LogP contribution is -2.31. The number of benzene rings is 2. The van der Waals surface area contributed by atoms with E-state index < -0.39 is 15.9 Å². The van der Waals surface area contributed by atoms with E-state index in [1.807, 2.05) is 6.92 Å². The van der Waals surface area contributed by atoms with Crippen molar-refractivity contribution in [2.75, 3.05) is 31.6 Å². The van der Waals surface area contributed by atoms with Gasteiger partial charge in [0.2, 0.25) is 10.0 Å². The average molecular weight is 448 g/mol. The van der Waals surface area contributed by atoms with Crippen molar-refractivity contribution in [3.8, 4) is 5.75 Å². The number of nitrogens with zero attached hydrogens (tertiary/aromatic N) is 1. The number of hydrogen-bond donors (Lipinski definition) is 2. The minimum atomic E-state index is -3.68. The quantitative estimate of drug-likeness (QED) is 0.583. The highest BCUT2D eigenvalue weighted by Crippen LogP contribution is 2.22. The molecule has 168 valence electrons. The zero-order valence-electron chi connectivity index (χ0n) is 18.3. The predicted octanol–water partition coefficient (Wildman–Crippen LogP) is 2.79. The topological polar surface area (TPSA) is 105 Å². The highest BCUT2D eigenvalue weighted by molar-refractivity contribution is 7.89.